The standard InChI is InChI=1S/C36H63N9O6S2/c37-35-42-25-23-52-27(33(25)44-35)11-5-7-15-29(46)38-17-9-1-3-13-31(48)40-19-21-51-22-20-41-32(49)14-4-2-10-18-39-30(47)16-8-6-12-28-34-26(24-53-28)43-36(50)45-34/h25-28,33-34H,1-24H2,(H,38,46)(H,39,47)(H,40,48)(H,41,49)(H3,37,42,44)(H2,43,45,50)/t25-,26-,27-,28-,33-,34-/m0/s1. The first-order chi connectivity index (χ1) is 25.8. The first kappa shape index (κ1) is 42.8. The number of unbranched alkanes of at least 4 members (excludes halogenated alkanes) is 6. The maximum atomic E-state index is 12.1. The van der Waals surface area contributed by atoms with E-state index in [9.17, 15) is 24.0 Å². The summed E-state index contributed by atoms with van der Waals surface area (Å²) in [5.74, 6) is 2.56. The van der Waals surface area contributed by atoms with Crippen molar-refractivity contribution in [3.05, 3.63) is 0 Å². The van der Waals surface area contributed by atoms with Crippen molar-refractivity contribution in [1.29, 1.82) is 5.41 Å². The Bertz CT molecular complexity index is 1110. The van der Waals surface area contributed by atoms with Crippen molar-refractivity contribution >= 4 is 59.1 Å². The lowest BCUT2D eigenvalue weighted by molar-refractivity contribution is -0.122. The number of hydrogen-bond donors (Lipinski definition) is 9. The molecule has 0 radical (unpaired) electrons. The number of fused-ring (bicyclic) bond motifs is 2. The lowest BCUT2D eigenvalue weighted by atomic mass is 10.0. The lowest BCUT2D eigenvalue weighted by Gasteiger charge is -2.16. The van der Waals surface area contributed by atoms with E-state index in [0.717, 1.165) is 88.6 Å². The highest BCUT2D eigenvalue weighted by atomic mass is 32.2. The molecule has 300 valence electrons. The van der Waals surface area contributed by atoms with E-state index < -0.39 is 0 Å². The number of guanidine groups is 1. The summed E-state index contributed by atoms with van der Waals surface area (Å²) in [7, 11) is 0. The van der Waals surface area contributed by atoms with Crippen LogP contribution in [-0.4, -0.2) is 121 Å². The van der Waals surface area contributed by atoms with Gasteiger partial charge in [-0.2, -0.15) is 23.5 Å². The first-order valence-corrected chi connectivity index (χ1v) is 21.9. The van der Waals surface area contributed by atoms with Crippen molar-refractivity contribution in [3.63, 3.8) is 0 Å². The van der Waals surface area contributed by atoms with Crippen molar-refractivity contribution in [3.8, 4) is 0 Å². The zero-order chi connectivity index (χ0) is 37.7. The largest absolute Gasteiger partial charge is 0.378 e. The quantitative estimate of drug-likeness (QED) is 0.0415. The molecular formula is C36H63N9O6S2. The van der Waals surface area contributed by atoms with E-state index >= 15 is 0 Å². The molecule has 0 aromatic heterocycles. The minimum atomic E-state index is -0.0651. The molecule has 9 N–H and O–H groups in total. The van der Waals surface area contributed by atoms with E-state index in [4.69, 9.17) is 10.1 Å². The average Bonchev–Trinajstić information content (AvgIpc) is 3.89. The highest BCUT2D eigenvalue weighted by molar-refractivity contribution is 8.00. The second-order valence-electron chi connectivity index (χ2n) is 14.4. The Labute approximate surface area is 323 Å². The fourth-order valence-electron chi connectivity index (χ4n) is 7.19. The molecule has 4 rings (SSSR count). The summed E-state index contributed by atoms with van der Waals surface area (Å²) >= 11 is 3.85. The van der Waals surface area contributed by atoms with Gasteiger partial charge in [-0.15, -0.1) is 0 Å². The van der Waals surface area contributed by atoms with Gasteiger partial charge in [0, 0.05) is 73.9 Å². The first-order valence-electron chi connectivity index (χ1n) is 19.8. The number of hydrogen-bond acceptors (Lipinski definition) is 9. The number of nitrogens with one attached hydrogen (secondary N) is 9. The van der Waals surface area contributed by atoms with Gasteiger partial charge in [-0.1, -0.05) is 25.7 Å². The van der Waals surface area contributed by atoms with E-state index in [1.807, 2.05) is 23.5 Å². The van der Waals surface area contributed by atoms with Gasteiger partial charge >= 0.3 is 6.03 Å². The Morgan fingerprint density at radius 1 is 0.566 bits per heavy atom. The number of rotatable bonds is 28. The topological polar surface area (TPSA) is 215 Å². The second kappa shape index (κ2) is 24.5. The van der Waals surface area contributed by atoms with Crippen molar-refractivity contribution in [2.24, 2.45) is 0 Å². The maximum absolute atomic E-state index is 12.1. The normalized spacial score (nSPS) is 24.0. The molecule has 4 aliphatic heterocycles. The maximum Gasteiger partial charge on any atom is 0.315 e. The smallest absolute Gasteiger partial charge is 0.315 e. The highest BCUT2D eigenvalue weighted by Crippen LogP contribution is 2.34. The molecule has 17 heteroatoms. The van der Waals surface area contributed by atoms with E-state index in [0.29, 0.717) is 93.6 Å². The molecule has 0 aliphatic carbocycles. The van der Waals surface area contributed by atoms with Crippen LogP contribution in [0.2, 0.25) is 0 Å². The number of urea groups is 1. The predicted octanol–water partition coefficient (Wildman–Crippen LogP) is 1.85. The van der Waals surface area contributed by atoms with Crippen LogP contribution >= 0.6 is 23.5 Å². The van der Waals surface area contributed by atoms with Gasteiger partial charge in [-0.3, -0.25) is 24.6 Å². The van der Waals surface area contributed by atoms with Gasteiger partial charge < -0.3 is 47.3 Å². The molecule has 6 amide bonds. The molecule has 4 aliphatic rings. The molecule has 0 bridgehead atoms. The molecule has 4 fully saturated rings. The Kier molecular flexibility index (Phi) is 19.8. The van der Waals surface area contributed by atoms with Crippen LogP contribution in [0.3, 0.4) is 0 Å². The van der Waals surface area contributed by atoms with Gasteiger partial charge in [0.2, 0.25) is 23.6 Å². The third-order valence-corrected chi connectivity index (χ3v) is 13.1. The summed E-state index contributed by atoms with van der Waals surface area (Å²) in [6, 6.07) is 1.09. The third kappa shape index (κ3) is 16.5. The van der Waals surface area contributed by atoms with Crippen LogP contribution in [0.5, 0.6) is 0 Å². The summed E-state index contributed by atoms with van der Waals surface area (Å²) in [6.07, 6.45) is 12.7. The van der Waals surface area contributed by atoms with Gasteiger partial charge in [0.15, 0.2) is 5.96 Å². The minimum absolute atomic E-state index is 0.00952. The molecule has 4 saturated heterocycles. The summed E-state index contributed by atoms with van der Waals surface area (Å²) in [4.78, 5) is 59.9. The number of thioether (sulfide) groups is 2. The predicted molar refractivity (Wildman–Crippen MR) is 210 cm³/mol. The van der Waals surface area contributed by atoms with Gasteiger partial charge in [-0.05, 0) is 51.4 Å². The summed E-state index contributed by atoms with van der Waals surface area (Å²) in [5, 5.41) is 32.7. The third-order valence-electron chi connectivity index (χ3n) is 10.1. The van der Waals surface area contributed by atoms with Crippen LogP contribution in [0.1, 0.15) is 103 Å². The van der Waals surface area contributed by atoms with Crippen molar-refractivity contribution in [1.82, 2.24) is 42.5 Å². The molecule has 15 nitrogen and oxygen atoms in total. The molecule has 4 heterocycles. The van der Waals surface area contributed by atoms with Gasteiger partial charge in [-0.25, -0.2) is 4.79 Å². The van der Waals surface area contributed by atoms with Gasteiger partial charge in [0.1, 0.15) is 0 Å². The number of carbonyl (C=O) groups excluding carboxylic acids is 5. The van der Waals surface area contributed by atoms with Crippen LogP contribution < -0.4 is 42.5 Å². The van der Waals surface area contributed by atoms with Crippen molar-refractivity contribution < 1.29 is 28.7 Å². The van der Waals surface area contributed by atoms with Crippen LogP contribution in [0.25, 0.3) is 0 Å². The van der Waals surface area contributed by atoms with Crippen molar-refractivity contribution in [2.45, 2.75) is 137 Å². The summed E-state index contributed by atoms with van der Waals surface area (Å²) in [6.45, 7) is 2.88. The molecule has 0 spiro atoms. The Morgan fingerprint density at radius 2 is 1.00 bits per heavy atom. The average molecular weight is 782 g/mol. The van der Waals surface area contributed by atoms with E-state index in [-0.39, 0.29) is 41.7 Å². The van der Waals surface area contributed by atoms with E-state index in [1.54, 1.807) is 0 Å². The lowest BCUT2D eigenvalue weighted by Crippen LogP contribution is -2.36. The van der Waals surface area contributed by atoms with Crippen LogP contribution in [0.4, 0.5) is 4.79 Å². The van der Waals surface area contributed by atoms with Gasteiger partial charge in [0.05, 0.1) is 37.4 Å². The Balaban J connectivity index is 0.825. The highest BCUT2D eigenvalue weighted by Gasteiger charge is 2.43. The monoisotopic (exact) mass is 781 g/mol. The molecule has 0 aromatic carbocycles. The molecule has 0 unspecified atom stereocenters. The summed E-state index contributed by atoms with van der Waals surface area (Å²) < 4.78 is 5.51. The second-order valence-corrected chi connectivity index (χ2v) is 17.0. The fourth-order valence-corrected chi connectivity index (χ4v) is 10.3. The summed E-state index contributed by atoms with van der Waals surface area (Å²) in [5.41, 5.74) is 0. The van der Waals surface area contributed by atoms with Crippen LogP contribution in [0.15, 0.2) is 0 Å². The van der Waals surface area contributed by atoms with Crippen LogP contribution in [0, 0.1) is 5.41 Å². The van der Waals surface area contributed by atoms with Crippen LogP contribution in [-0.2, 0) is 23.9 Å². The zero-order valence-corrected chi connectivity index (χ0v) is 32.8. The molecular weight excluding hydrogens is 719 g/mol. The Hall–Kier alpha value is -2.92. The molecule has 0 aromatic rings. The van der Waals surface area contributed by atoms with E-state index in [2.05, 4.69) is 42.5 Å². The van der Waals surface area contributed by atoms with E-state index in [1.165, 1.54) is 0 Å². The SMILES string of the molecule is N=C1N[C@H]2[C@H](CS[C@H]2CCCCC(=O)NCCCCCC(=O)NCCOCCNC(=O)CCCCCNC(=O)CCCC[C@@H]2SC[C@@H]3NC(=O)N[C@@H]32)N1. The van der Waals surface area contributed by atoms with Gasteiger partial charge in [0.25, 0.3) is 0 Å². The molecule has 6 atom stereocenters. The van der Waals surface area contributed by atoms with Crippen molar-refractivity contribution in [2.75, 3.05) is 50.9 Å². The number of amides is 6. The Morgan fingerprint density at radius 3 is 1.51 bits per heavy atom. The number of ether oxygens (including phenoxy) is 1. The molecule has 53 heavy (non-hydrogen) atoms. The zero-order valence-electron chi connectivity index (χ0n) is 31.2. The fraction of sp³-hybridized carbons (Fsp3) is 0.833. The molecule has 0 saturated carbocycles. The number of carbonyl (C=O) groups is 5. The minimum Gasteiger partial charge on any atom is -0.378 e.